The average Bonchev–Trinajstić information content (AvgIpc) is 2.73. The van der Waals surface area contributed by atoms with Gasteiger partial charge in [-0.05, 0) is 60.2 Å². The summed E-state index contributed by atoms with van der Waals surface area (Å²) in [6.45, 7) is 0. The van der Waals surface area contributed by atoms with Gasteiger partial charge in [0.15, 0.2) is 0 Å². The lowest BCUT2D eigenvalue weighted by atomic mass is 10.2. The molecule has 0 saturated carbocycles. The lowest BCUT2D eigenvalue weighted by Crippen LogP contribution is -2.17. The van der Waals surface area contributed by atoms with Crippen molar-refractivity contribution in [2.45, 2.75) is 4.90 Å². The third kappa shape index (κ3) is 5.59. The molecule has 3 aromatic carbocycles. The number of amides is 1. The molecule has 7 nitrogen and oxygen atoms in total. The van der Waals surface area contributed by atoms with Crippen molar-refractivity contribution in [1.82, 2.24) is 5.43 Å². The molecule has 0 aliphatic heterocycles. The molecule has 0 atom stereocenters. The van der Waals surface area contributed by atoms with E-state index in [1.54, 1.807) is 30.3 Å². The number of rotatable bonds is 7. The fourth-order valence-corrected chi connectivity index (χ4v) is 3.54. The molecular weight excluding hydrogens is 428 g/mol. The molecule has 1 N–H and O–H groups in total. The second kappa shape index (κ2) is 9.43. The summed E-state index contributed by atoms with van der Waals surface area (Å²) in [5, 5.41) is 4.32. The monoisotopic (exact) mass is 444 g/mol. The highest BCUT2D eigenvalue weighted by Crippen LogP contribution is 2.21. The van der Waals surface area contributed by atoms with Crippen LogP contribution in [0.15, 0.2) is 82.8 Å². The van der Waals surface area contributed by atoms with E-state index >= 15 is 0 Å². The maximum absolute atomic E-state index is 12.4. The number of nitrogens with zero attached hydrogens (tertiary/aromatic N) is 1. The van der Waals surface area contributed by atoms with Gasteiger partial charge in [0.1, 0.15) is 16.4 Å². The van der Waals surface area contributed by atoms with E-state index in [0.29, 0.717) is 21.9 Å². The molecule has 0 aliphatic carbocycles. The van der Waals surface area contributed by atoms with Crippen LogP contribution in [0.3, 0.4) is 0 Å². The van der Waals surface area contributed by atoms with Crippen molar-refractivity contribution in [3.8, 4) is 11.5 Å². The molecule has 0 spiro atoms. The number of hydrogen-bond acceptors (Lipinski definition) is 6. The van der Waals surface area contributed by atoms with Crippen LogP contribution in [0.25, 0.3) is 0 Å². The molecule has 9 heteroatoms. The Labute approximate surface area is 179 Å². The number of benzene rings is 3. The summed E-state index contributed by atoms with van der Waals surface area (Å²) in [6, 6.07) is 18.6. The Morgan fingerprint density at radius 2 is 1.73 bits per heavy atom. The highest BCUT2D eigenvalue weighted by Gasteiger charge is 2.16. The maximum Gasteiger partial charge on any atom is 0.339 e. The molecule has 0 heterocycles. The Bertz CT molecular complexity index is 1180. The number of nitrogens with one attached hydrogen (secondary N) is 1. The molecule has 3 rings (SSSR count). The Kier molecular flexibility index (Phi) is 6.71. The summed E-state index contributed by atoms with van der Waals surface area (Å²) in [5.74, 6) is 0.214. The van der Waals surface area contributed by atoms with Crippen LogP contribution in [0, 0.1) is 0 Å². The zero-order valence-corrected chi connectivity index (χ0v) is 17.4. The van der Waals surface area contributed by atoms with Gasteiger partial charge >= 0.3 is 10.1 Å². The van der Waals surface area contributed by atoms with E-state index in [4.69, 9.17) is 20.5 Å². The van der Waals surface area contributed by atoms with Gasteiger partial charge in [-0.1, -0.05) is 29.8 Å². The van der Waals surface area contributed by atoms with Gasteiger partial charge in [-0.3, -0.25) is 4.79 Å². The predicted octanol–water partition coefficient (Wildman–Crippen LogP) is 3.88. The van der Waals surface area contributed by atoms with Gasteiger partial charge in [-0.2, -0.15) is 13.5 Å². The first kappa shape index (κ1) is 21.4. The molecule has 0 aliphatic rings. The average molecular weight is 445 g/mol. The normalized spacial score (nSPS) is 11.3. The first-order chi connectivity index (χ1) is 14.4. The Morgan fingerprint density at radius 1 is 1.00 bits per heavy atom. The quantitative estimate of drug-likeness (QED) is 0.339. The molecule has 0 bridgehead atoms. The SMILES string of the molecule is COc1ccc(S(=O)(=O)Oc2cccc(/C=N\NC(=O)c3cccc(Cl)c3)c2)cc1. The van der Waals surface area contributed by atoms with Crippen molar-refractivity contribution in [1.29, 1.82) is 0 Å². The Morgan fingerprint density at radius 3 is 2.43 bits per heavy atom. The molecule has 30 heavy (non-hydrogen) atoms. The van der Waals surface area contributed by atoms with Crippen molar-refractivity contribution in [3.63, 3.8) is 0 Å². The Hall–Kier alpha value is -3.36. The van der Waals surface area contributed by atoms with E-state index in [0.717, 1.165) is 0 Å². The highest BCUT2D eigenvalue weighted by molar-refractivity contribution is 7.87. The van der Waals surface area contributed by atoms with Gasteiger partial charge < -0.3 is 8.92 Å². The summed E-state index contributed by atoms with van der Waals surface area (Å²) in [4.78, 5) is 12.0. The molecule has 1 amide bonds. The second-order valence-electron chi connectivity index (χ2n) is 5.99. The summed E-state index contributed by atoms with van der Waals surface area (Å²) < 4.78 is 35.1. The molecular formula is C21H17ClN2O5S. The van der Waals surface area contributed by atoms with Gasteiger partial charge in [0.05, 0.1) is 13.3 Å². The van der Waals surface area contributed by atoms with Crippen molar-refractivity contribution in [2.75, 3.05) is 7.11 Å². The minimum atomic E-state index is -4.01. The molecule has 0 saturated heterocycles. The van der Waals surface area contributed by atoms with Crippen LogP contribution in [-0.2, 0) is 10.1 Å². The van der Waals surface area contributed by atoms with Crippen molar-refractivity contribution in [2.24, 2.45) is 5.10 Å². The number of ether oxygens (including phenoxy) is 1. The largest absolute Gasteiger partial charge is 0.497 e. The van der Waals surface area contributed by atoms with Crippen molar-refractivity contribution in [3.05, 3.63) is 88.9 Å². The third-order valence-electron chi connectivity index (χ3n) is 3.88. The van der Waals surface area contributed by atoms with Crippen LogP contribution >= 0.6 is 11.6 Å². The summed E-state index contributed by atoms with van der Waals surface area (Å²) in [6.07, 6.45) is 1.37. The van der Waals surface area contributed by atoms with Crippen LogP contribution in [0.1, 0.15) is 15.9 Å². The van der Waals surface area contributed by atoms with E-state index < -0.39 is 16.0 Å². The first-order valence-electron chi connectivity index (χ1n) is 8.65. The molecule has 0 fully saturated rings. The minimum absolute atomic E-state index is 0.00356. The van der Waals surface area contributed by atoms with Crippen LogP contribution in [-0.4, -0.2) is 27.6 Å². The maximum atomic E-state index is 12.4. The molecule has 0 radical (unpaired) electrons. The van der Waals surface area contributed by atoms with E-state index in [9.17, 15) is 13.2 Å². The number of hydrazone groups is 1. The summed E-state index contributed by atoms with van der Waals surface area (Å²) in [5.41, 5.74) is 3.27. The fraction of sp³-hybridized carbons (Fsp3) is 0.0476. The highest BCUT2D eigenvalue weighted by atomic mass is 35.5. The zero-order chi connectivity index (χ0) is 21.6. The minimum Gasteiger partial charge on any atom is -0.497 e. The molecule has 154 valence electrons. The number of carbonyl (C=O) groups excluding carboxylic acids is 1. The molecule has 3 aromatic rings. The summed E-state index contributed by atoms with van der Waals surface area (Å²) >= 11 is 5.86. The number of methoxy groups -OCH3 is 1. The second-order valence-corrected chi connectivity index (χ2v) is 7.98. The van der Waals surface area contributed by atoms with Gasteiger partial charge in [0, 0.05) is 10.6 Å². The van der Waals surface area contributed by atoms with E-state index in [1.807, 2.05) is 0 Å². The van der Waals surface area contributed by atoms with Crippen LogP contribution < -0.4 is 14.3 Å². The van der Waals surface area contributed by atoms with E-state index in [1.165, 1.54) is 55.8 Å². The van der Waals surface area contributed by atoms with Crippen LogP contribution in [0.5, 0.6) is 11.5 Å². The van der Waals surface area contributed by atoms with Gasteiger partial charge in [0.25, 0.3) is 5.91 Å². The Balaban J connectivity index is 1.68. The van der Waals surface area contributed by atoms with Crippen molar-refractivity contribution < 1.29 is 22.1 Å². The number of hydrogen-bond donors (Lipinski definition) is 1. The summed E-state index contributed by atoms with van der Waals surface area (Å²) in [7, 11) is -2.52. The third-order valence-corrected chi connectivity index (χ3v) is 5.38. The lowest BCUT2D eigenvalue weighted by molar-refractivity contribution is 0.0955. The predicted molar refractivity (Wildman–Crippen MR) is 114 cm³/mol. The molecule has 0 aromatic heterocycles. The van der Waals surface area contributed by atoms with E-state index in [-0.39, 0.29) is 10.6 Å². The van der Waals surface area contributed by atoms with Crippen LogP contribution in [0.4, 0.5) is 0 Å². The van der Waals surface area contributed by atoms with E-state index in [2.05, 4.69) is 10.5 Å². The lowest BCUT2D eigenvalue weighted by Gasteiger charge is -2.08. The smallest absolute Gasteiger partial charge is 0.339 e. The first-order valence-corrected chi connectivity index (χ1v) is 10.4. The number of carbonyl (C=O) groups is 1. The topological polar surface area (TPSA) is 94.1 Å². The van der Waals surface area contributed by atoms with Gasteiger partial charge in [-0.15, -0.1) is 0 Å². The van der Waals surface area contributed by atoms with Crippen LogP contribution in [0.2, 0.25) is 5.02 Å². The standard InChI is InChI=1S/C21H17ClN2O5S/c1-28-18-8-10-20(11-9-18)30(26,27)29-19-7-2-4-15(12-19)14-23-24-21(25)16-5-3-6-17(22)13-16/h2-14H,1H3,(H,24,25)/b23-14-. The molecule has 0 unspecified atom stereocenters. The van der Waals surface area contributed by atoms with Gasteiger partial charge in [-0.25, -0.2) is 5.43 Å². The zero-order valence-electron chi connectivity index (χ0n) is 15.8. The van der Waals surface area contributed by atoms with Crippen molar-refractivity contribution >= 4 is 33.8 Å². The number of halogens is 1. The van der Waals surface area contributed by atoms with Gasteiger partial charge in [0.2, 0.25) is 0 Å². The fourth-order valence-electron chi connectivity index (χ4n) is 2.42.